The molecule has 0 saturated carbocycles. The monoisotopic (exact) mass is 1030 g/mol. The van der Waals surface area contributed by atoms with Crippen molar-refractivity contribution in [1.29, 1.82) is 0 Å². The number of rotatable bonds is 30. The van der Waals surface area contributed by atoms with E-state index in [0.29, 0.717) is 17.2 Å². The Hall–Kier alpha value is -3.72. The predicted octanol–water partition coefficient (Wildman–Crippen LogP) is 21.3. The summed E-state index contributed by atoms with van der Waals surface area (Å²) in [5, 5.41) is 37.3. The third-order valence-corrected chi connectivity index (χ3v) is 18.7. The summed E-state index contributed by atoms with van der Waals surface area (Å²) in [6.45, 7) is 48.8. The molecule has 0 amide bonds. The number of hydrogen-bond donors (Lipinski definition) is 3. The Morgan fingerprint density at radius 1 is 0.280 bits per heavy atom. The molecule has 0 aliphatic carbocycles. The van der Waals surface area contributed by atoms with E-state index in [1.165, 1.54) is 50.1 Å². The normalized spacial score (nSPS) is 13.1. The molecular weight excluding hydrogens is 913 g/mol. The minimum absolute atomic E-state index is 0.187. The average molecular weight is 1030 g/mol. The molecule has 0 heterocycles. The van der Waals surface area contributed by atoms with E-state index < -0.39 is 0 Å². The fraction of sp³-hybridized carbons (Fsp3) is 0.667. The van der Waals surface area contributed by atoms with Gasteiger partial charge in [0.05, 0.1) is 0 Å². The number of hydrogen-bond acceptors (Lipinski definition) is 3. The van der Waals surface area contributed by atoms with Crippen molar-refractivity contribution in [3.8, 4) is 17.2 Å². The van der Waals surface area contributed by atoms with Gasteiger partial charge in [0.2, 0.25) is 0 Å². The first kappa shape index (κ1) is 63.8. The standard InChI is InChI=1S/C72H114O3/c1-22-28-34-67(10,11)58-43-52(44-59(64(58)73)68(12,13)35-29-23-2)40-55-49(7)56(41-53-45-60(69(14,15)36-30-24-3)65(74)61(46-53)70(16,17)37-31-25-4)51(9)57(50(55)8)42-54-47-62(71(18,19)38-32-26-5)66(75)63(48-54)72(20,21)39-33-27-6/h43-48,73-75H,22-42H2,1-21H3. The fourth-order valence-electron chi connectivity index (χ4n) is 12.8. The second-order valence-electron chi connectivity index (χ2n) is 27.9. The molecule has 420 valence electrons. The molecule has 0 aromatic heterocycles. The predicted molar refractivity (Wildman–Crippen MR) is 329 cm³/mol. The number of unbranched alkanes of at least 4 members (excludes halogenated alkanes) is 6. The minimum Gasteiger partial charge on any atom is -0.507 e. The topological polar surface area (TPSA) is 60.7 Å². The second-order valence-corrected chi connectivity index (χ2v) is 27.9. The van der Waals surface area contributed by atoms with E-state index >= 15 is 0 Å². The van der Waals surface area contributed by atoms with Crippen LogP contribution in [0.2, 0.25) is 0 Å². The van der Waals surface area contributed by atoms with Gasteiger partial charge in [-0.25, -0.2) is 0 Å². The van der Waals surface area contributed by atoms with Crippen molar-refractivity contribution >= 4 is 0 Å². The third kappa shape index (κ3) is 15.3. The smallest absolute Gasteiger partial charge is 0.123 e. The number of phenols is 3. The molecule has 4 aromatic carbocycles. The lowest BCUT2D eigenvalue weighted by molar-refractivity contribution is 0.382. The number of aromatic hydroxyl groups is 3. The van der Waals surface area contributed by atoms with Gasteiger partial charge in [0.1, 0.15) is 17.2 Å². The summed E-state index contributed by atoms with van der Waals surface area (Å²) in [6.07, 6.45) is 21.9. The first-order chi connectivity index (χ1) is 34.9. The van der Waals surface area contributed by atoms with Crippen LogP contribution in [0.5, 0.6) is 17.2 Å². The molecule has 0 bridgehead atoms. The van der Waals surface area contributed by atoms with E-state index in [1.807, 2.05) is 0 Å². The Kier molecular flexibility index (Phi) is 22.4. The van der Waals surface area contributed by atoms with Crippen molar-refractivity contribution in [2.24, 2.45) is 0 Å². The van der Waals surface area contributed by atoms with Crippen LogP contribution in [0.25, 0.3) is 0 Å². The van der Waals surface area contributed by atoms with Crippen LogP contribution in [-0.2, 0) is 51.8 Å². The van der Waals surface area contributed by atoms with E-state index in [0.717, 1.165) is 168 Å². The Labute approximate surface area is 463 Å². The van der Waals surface area contributed by atoms with Crippen LogP contribution in [0.4, 0.5) is 0 Å². The van der Waals surface area contributed by atoms with Crippen LogP contribution in [0, 0.1) is 20.8 Å². The first-order valence-corrected chi connectivity index (χ1v) is 30.6. The third-order valence-electron chi connectivity index (χ3n) is 18.7. The molecule has 4 aromatic rings. The van der Waals surface area contributed by atoms with Gasteiger partial charge in [-0.05, 0) is 161 Å². The average Bonchev–Trinajstić information content (AvgIpc) is 3.34. The zero-order chi connectivity index (χ0) is 56.5. The van der Waals surface area contributed by atoms with Gasteiger partial charge >= 0.3 is 0 Å². The van der Waals surface area contributed by atoms with Crippen molar-refractivity contribution in [3.63, 3.8) is 0 Å². The largest absolute Gasteiger partial charge is 0.507 e. The summed E-state index contributed by atoms with van der Waals surface area (Å²) in [6, 6.07) is 14.2. The maximum Gasteiger partial charge on any atom is 0.123 e. The van der Waals surface area contributed by atoms with Crippen LogP contribution < -0.4 is 0 Å². The van der Waals surface area contributed by atoms with Crippen LogP contribution in [-0.4, -0.2) is 15.3 Å². The molecule has 0 atom stereocenters. The van der Waals surface area contributed by atoms with Gasteiger partial charge in [0, 0.05) is 33.4 Å². The Balaban J connectivity index is 2.19. The van der Waals surface area contributed by atoms with E-state index in [9.17, 15) is 15.3 Å². The number of phenolic OH excluding ortho intramolecular Hbond substituents is 3. The lowest BCUT2D eigenvalue weighted by atomic mass is 9.72. The van der Waals surface area contributed by atoms with Gasteiger partial charge in [-0.1, -0.05) is 238 Å². The lowest BCUT2D eigenvalue weighted by Crippen LogP contribution is -2.23. The molecule has 3 N–H and O–H groups in total. The Morgan fingerprint density at radius 3 is 0.560 bits per heavy atom. The van der Waals surface area contributed by atoms with E-state index in [2.05, 4.69) is 182 Å². The summed E-state index contributed by atoms with van der Waals surface area (Å²) in [5.41, 5.74) is 17.4. The maximum atomic E-state index is 12.4. The summed E-state index contributed by atoms with van der Waals surface area (Å²) < 4.78 is 0. The summed E-state index contributed by atoms with van der Waals surface area (Å²) >= 11 is 0. The molecular formula is C72H114O3. The van der Waals surface area contributed by atoms with Crippen molar-refractivity contribution in [3.05, 3.63) is 120 Å². The molecule has 0 fully saturated rings. The van der Waals surface area contributed by atoms with Gasteiger partial charge < -0.3 is 15.3 Å². The fourth-order valence-corrected chi connectivity index (χ4v) is 12.8. The summed E-state index contributed by atoms with van der Waals surface area (Å²) in [5.74, 6) is 1.47. The lowest BCUT2D eigenvalue weighted by Gasteiger charge is -2.33. The molecule has 4 rings (SSSR count). The summed E-state index contributed by atoms with van der Waals surface area (Å²) in [4.78, 5) is 0. The number of benzene rings is 4. The SMILES string of the molecule is CCCCC(C)(C)c1cc(Cc2c(C)c(Cc3cc(C(C)(C)CCCC)c(O)c(C(C)(C)CCCC)c3)c(C)c(Cc3cc(C(C)(C)CCCC)c(O)c(C(C)(C)CCCC)c3)c2C)cc(C(C)(C)CCCC)c1O. The maximum absolute atomic E-state index is 12.4. The molecule has 3 nitrogen and oxygen atoms in total. The van der Waals surface area contributed by atoms with Crippen LogP contribution in [0.3, 0.4) is 0 Å². The zero-order valence-corrected chi connectivity index (χ0v) is 52.7. The molecule has 0 radical (unpaired) electrons. The quantitative estimate of drug-likeness (QED) is 0.0488. The van der Waals surface area contributed by atoms with Gasteiger partial charge in [-0.3, -0.25) is 0 Å². The van der Waals surface area contributed by atoms with Crippen LogP contribution >= 0.6 is 0 Å². The molecule has 75 heavy (non-hydrogen) atoms. The van der Waals surface area contributed by atoms with E-state index in [4.69, 9.17) is 0 Å². The highest BCUT2D eigenvalue weighted by Gasteiger charge is 2.35. The van der Waals surface area contributed by atoms with Gasteiger partial charge in [0.25, 0.3) is 0 Å². The zero-order valence-electron chi connectivity index (χ0n) is 52.7. The van der Waals surface area contributed by atoms with Crippen LogP contribution in [0.1, 0.15) is 324 Å². The van der Waals surface area contributed by atoms with Crippen molar-refractivity contribution in [2.75, 3.05) is 0 Å². The van der Waals surface area contributed by atoms with Crippen LogP contribution in [0.15, 0.2) is 36.4 Å². The highest BCUT2D eigenvalue weighted by Crippen LogP contribution is 2.48. The Morgan fingerprint density at radius 2 is 0.427 bits per heavy atom. The molecule has 0 unspecified atom stereocenters. The minimum atomic E-state index is -0.187. The van der Waals surface area contributed by atoms with Gasteiger partial charge in [-0.15, -0.1) is 0 Å². The molecule has 0 saturated heterocycles. The van der Waals surface area contributed by atoms with Crippen molar-refractivity contribution < 1.29 is 15.3 Å². The van der Waals surface area contributed by atoms with E-state index in [-0.39, 0.29) is 32.5 Å². The van der Waals surface area contributed by atoms with Crippen molar-refractivity contribution in [2.45, 2.75) is 313 Å². The van der Waals surface area contributed by atoms with E-state index in [1.54, 1.807) is 0 Å². The molecule has 0 aliphatic rings. The summed E-state index contributed by atoms with van der Waals surface area (Å²) in [7, 11) is 0. The van der Waals surface area contributed by atoms with Gasteiger partial charge in [0.15, 0.2) is 0 Å². The van der Waals surface area contributed by atoms with Crippen molar-refractivity contribution in [1.82, 2.24) is 0 Å². The molecule has 0 aliphatic heterocycles. The highest BCUT2D eigenvalue weighted by atomic mass is 16.3. The Bertz CT molecular complexity index is 2080. The second kappa shape index (κ2) is 26.3. The first-order valence-electron chi connectivity index (χ1n) is 30.6. The molecule has 0 spiro atoms. The molecule has 3 heteroatoms. The van der Waals surface area contributed by atoms with Gasteiger partial charge in [-0.2, -0.15) is 0 Å². The highest BCUT2D eigenvalue weighted by molar-refractivity contribution is 5.59.